The minimum absolute atomic E-state index is 0.00144. The lowest BCUT2D eigenvalue weighted by Crippen LogP contribution is -1.93. The topological polar surface area (TPSA) is 65.3 Å². The van der Waals surface area contributed by atoms with Crippen molar-refractivity contribution in [3.63, 3.8) is 0 Å². The van der Waals surface area contributed by atoms with Crippen molar-refractivity contribution in [2.75, 3.05) is 0 Å². The van der Waals surface area contributed by atoms with Gasteiger partial charge in [0.1, 0.15) is 11.5 Å². The van der Waals surface area contributed by atoms with Crippen molar-refractivity contribution in [3.05, 3.63) is 81.3 Å². The fourth-order valence-electron chi connectivity index (χ4n) is 2.70. The quantitative estimate of drug-likeness (QED) is 0.248. The number of halogens is 1. The van der Waals surface area contributed by atoms with E-state index in [4.69, 9.17) is 4.74 Å². The summed E-state index contributed by atoms with van der Waals surface area (Å²) >= 11 is 3.46. The third kappa shape index (κ3) is 2.92. The maximum absolute atomic E-state index is 11.2. The zero-order valence-corrected chi connectivity index (χ0v) is 14.4. The minimum atomic E-state index is -0.420. The average molecular weight is 395 g/mol. The number of non-ortho nitro benzene ring substituents is 1. The largest absolute Gasteiger partial charge is 0.456 e. The number of ether oxygens (including phenoxy) is 1. The summed E-state index contributed by atoms with van der Waals surface area (Å²) in [5, 5.41) is 12.6. The van der Waals surface area contributed by atoms with Gasteiger partial charge in [0.2, 0.25) is 0 Å². The van der Waals surface area contributed by atoms with Crippen molar-refractivity contribution in [2.24, 2.45) is 0 Å². The van der Waals surface area contributed by atoms with Gasteiger partial charge in [0.05, 0.1) is 21.3 Å². The summed E-state index contributed by atoms with van der Waals surface area (Å²) < 4.78 is 6.99. The molecule has 0 bridgehead atoms. The molecule has 0 radical (unpaired) electrons. The Morgan fingerprint density at radius 1 is 0.920 bits per heavy atom. The summed E-state index contributed by atoms with van der Waals surface area (Å²) in [7, 11) is 0. The molecule has 0 aliphatic heterocycles. The molecule has 0 fully saturated rings. The number of benzene rings is 3. The summed E-state index contributed by atoms with van der Waals surface area (Å²) in [6.07, 6.45) is 0. The van der Waals surface area contributed by atoms with Crippen LogP contribution in [-0.4, -0.2) is 9.91 Å². The molecule has 0 aliphatic rings. The van der Waals surface area contributed by atoms with E-state index in [1.54, 1.807) is 6.07 Å². The number of hydrogen-bond donors (Lipinski definition) is 0. The number of pyridine rings is 1. The monoisotopic (exact) mass is 394 g/mol. The molecule has 0 atom stereocenters. The van der Waals surface area contributed by atoms with Crippen LogP contribution >= 0.6 is 15.9 Å². The van der Waals surface area contributed by atoms with E-state index < -0.39 is 4.92 Å². The molecule has 1 heterocycles. The van der Waals surface area contributed by atoms with E-state index >= 15 is 0 Å². The van der Waals surface area contributed by atoms with Gasteiger partial charge in [-0.1, -0.05) is 34.1 Å². The van der Waals surface area contributed by atoms with Crippen LogP contribution in [0.15, 0.2) is 71.2 Å². The Hall–Kier alpha value is -2.99. The highest BCUT2D eigenvalue weighted by Gasteiger charge is 2.15. The molecule has 0 spiro atoms. The van der Waals surface area contributed by atoms with Crippen molar-refractivity contribution in [1.82, 2.24) is 4.98 Å². The van der Waals surface area contributed by atoms with Gasteiger partial charge in [-0.05, 0) is 36.4 Å². The van der Waals surface area contributed by atoms with Crippen LogP contribution < -0.4 is 4.74 Å². The van der Waals surface area contributed by atoms with Crippen LogP contribution in [0.25, 0.3) is 21.8 Å². The molecule has 6 heteroatoms. The molecular formula is C19H11BrN2O3. The van der Waals surface area contributed by atoms with Gasteiger partial charge >= 0.3 is 0 Å². The van der Waals surface area contributed by atoms with E-state index in [2.05, 4.69) is 20.9 Å². The van der Waals surface area contributed by atoms with Crippen LogP contribution in [0.3, 0.4) is 0 Å². The SMILES string of the molecule is O=[N+]([O-])c1ccc2nc3ccc(Br)cc3c(Oc3ccccc3)c2c1. The van der Waals surface area contributed by atoms with Gasteiger partial charge in [-0.2, -0.15) is 0 Å². The van der Waals surface area contributed by atoms with E-state index in [9.17, 15) is 10.1 Å². The highest BCUT2D eigenvalue weighted by molar-refractivity contribution is 9.10. The lowest BCUT2D eigenvalue weighted by Gasteiger charge is -2.12. The first-order valence-corrected chi connectivity index (χ1v) is 8.31. The second kappa shape index (κ2) is 6.14. The van der Waals surface area contributed by atoms with Crippen molar-refractivity contribution in [1.29, 1.82) is 0 Å². The summed E-state index contributed by atoms with van der Waals surface area (Å²) in [6, 6.07) is 19.6. The van der Waals surface area contributed by atoms with E-state index in [1.807, 2.05) is 48.5 Å². The zero-order chi connectivity index (χ0) is 17.4. The first kappa shape index (κ1) is 15.5. The molecule has 0 unspecified atom stereocenters. The van der Waals surface area contributed by atoms with Crippen LogP contribution in [0.5, 0.6) is 11.5 Å². The molecular weight excluding hydrogens is 384 g/mol. The van der Waals surface area contributed by atoms with Gasteiger partial charge in [-0.15, -0.1) is 0 Å². The molecule has 0 N–H and O–H groups in total. The number of nitrogens with zero attached hydrogens (tertiary/aromatic N) is 2. The maximum atomic E-state index is 11.2. The first-order valence-electron chi connectivity index (χ1n) is 7.52. The average Bonchev–Trinajstić information content (AvgIpc) is 2.62. The van der Waals surface area contributed by atoms with Gasteiger partial charge < -0.3 is 4.74 Å². The van der Waals surface area contributed by atoms with Crippen molar-refractivity contribution in [2.45, 2.75) is 0 Å². The number of rotatable bonds is 3. The molecule has 122 valence electrons. The highest BCUT2D eigenvalue weighted by atomic mass is 79.9. The van der Waals surface area contributed by atoms with Gasteiger partial charge in [0.15, 0.2) is 0 Å². The van der Waals surface area contributed by atoms with E-state index in [0.29, 0.717) is 22.4 Å². The molecule has 4 rings (SSSR count). The second-order valence-electron chi connectivity index (χ2n) is 5.48. The Labute approximate surface area is 151 Å². The minimum Gasteiger partial charge on any atom is -0.456 e. The molecule has 5 nitrogen and oxygen atoms in total. The van der Waals surface area contributed by atoms with E-state index in [1.165, 1.54) is 12.1 Å². The van der Waals surface area contributed by atoms with Gasteiger partial charge in [0.25, 0.3) is 5.69 Å². The summed E-state index contributed by atoms with van der Waals surface area (Å²) in [6.45, 7) is 0. The summed E-state index contributed by atoms with van der Waals surface area (Å²) in [5.74, 6) is 1.21. The van der Waals surface area contributed by atoms with Crippen molar-refractivity contribution in [3.8, 4) is 11.5 Å². The number of nitro benzene ring substituents is 1. The third-order valence-electron chi connectivity index (χ3n) is 3.84. The normalized spacial score (nSPS) is 10.9. The maximum Gasteiger partial charge on any atom is 0.270 e. The first-order chi connectivity index (χ1) is 12.1. The molecule has 0 aliphatic carbocycles. The Bertz CT molecular complexity index is 1110. The van der Waals surface area contributed by atoms with Crippen molar-refractivity contribution >= 4 is 43.4 Å². The Kier molecular flexibility index (Phi) is 3.82. The van der Waals surface area contributed by atoms with E-state index in [0.717, 1.165) is 15.4 Å². The number of nitro groups is 1. The summed E-state index contributed by atoms with van der Waals surface area (Å²) in [4.78, 5) is 15.3. The Morgan fingerprint density at radius 3 is 2.32 bits per heavy atom. The smallest absolute Gasteiger partial charge is 0.270 e. The molecule has 1 aromatic heterocycles. The van der Waals surface area contributed by atoms with Crippen LogP contribution in [0.1, 0.15) is 0 Å². The fraction of sp³-hybridized carbons (Fsp3) is 0. The predicted molar refractivity (Wildman–Crippen MR) is 100 cm³/mol. The molecule has 0 amide bonds. The molecule has 0 saturated heterocycles. The summed E-state index contributed by atoms with van der Waals surface area (Å²) in [5.41, 5.74) is 1.41. The van der Waals surface area contributed by atoms with E-state index in [-0.39, 0.29) is 5.69 Å². The fourth-order valence-corrected chi connectivity index (χ4v) is 3.06. The lowest BCUT2D eigenvalue weighted by molar-refractivity contribution is -0.384. The number of fused-ring (bicyclic) bond motifs is 2. The van der Waals surface area contributed by atoms with Crippen LogP contribution in [0.2, 0.25) is 0 Å². The number of para-hydroxylation sites is 1. The Morgan fingerprint density at radius 2 is 1.60 bits per heavy atom. The zero-order valence-electron chi connectivity index (χ0n) is 12.8. The second-order valence-corrected chi connectivity index (χ2v) is 6.39. The lowest BCUT2D eigenvalue weighted by atomic mass is 10.1. The molecule has 4 aromatic rings. The van der Waals surface area contributed by atoms with Crippen LogP contribution in [-0.2, 0) is 0 Å². The number of aromatic nitrogens is 1. The van der Waals surface area contributed by atoms with Gasteiger partial charge in [-0.25, -0.2) is 4.98 Å². The highest BCUT2D eigenvalue weighted by Crippen LogP contribution is 2.38. The third-order valence-corrected chi connectivity index (χ3v) is 4.34. The Balaban J connectivity index is 2.05. The molecule has 3 aromatic carbocycles. The van der Waals surface area contributed by atoms with Crippen LogP contribution in [0.4, 0.5) is 5.69 Å². The number of hydrogen-bond acceptors (Lipinski definition) is 4. The van der Waals surface area contributed by atoms with Crippen molar-refractivity contribution < 1.29 is 9.66 Å². The van der Waals surface area contributed by atoms with Gasteiger partial charge in [-0.3, -0.25) is 10.1 Å². The van der Waals surface area contributed by atoms with Crippen LogP contribution in [0, 0.1) is 10.1 Å². The predicted octanol–water partition coefficient (Wildman–Crippen LogP) is 5.85. The molecule has 0 saturated carbocycles. The van der Waals surface area contributed by atoms with Gasteiger partial charge in [0, 0.05) is 22.0 Å². The molecule has 25 heavy (non-hydrogen) atoms. The standard InChI is InChI=1S/C19H11BrN2O3/c20-12-6-8-17-15(10-12)19(25-14-4-2-1-3-5-14)16-11-13(22(23)24)7-9-18(16)21-17/h1-11H.